The summed E-state index contributed by atoms with van der Waals surface area (Å²) in [5.74, 6) is 0.287. The normalized spacial score (nSPS) is 24.4. The summed E-state index contributed by atoms with van der Waals surface area (Å²) in [6.07, 6.45) is 10.5. The van der Waals surface area contributed by atoms with Gasteiger partial charge in [-0.2, -0.15) is 0 Å². The van der Waals surface area contributed by atoms with Crippen LogP contribution in [0.3, 0.4) is 0 Å². The number of hydrogen-bond acceptors (Lipinski definition) is 2. The first-order valence-corrected chi connectivity index (χ1v) is 8.66. The van der Waals surface area contributed by atoms with Gasteiger partial charge in [-0.05, 0) is 39.2 Å². The Bertz CT molecular complexity index is 267. The first-order chi connectivity index (χ1) is 9.64. The fourth-order valence-electron chi connectivity index (χ4n) is 3.29. The lowest BCUT2D eigenvalue weighted by atomic mass is 9.76. The molecule has 1 saturated heterocycles. The largest absolute Gasteiger partial charge is 0.353 e. The number of piperidine rings is 1. The van der Waals surface area contributed by atoms with E-state index in [9.17, 15) is 4.79 Å². The Morgan fingerprint density at radius 1 is 1.25 bits per heavy atom. The van der Waals surface area contributed by atoms with Crippen molar-refractivity contribution in [3.05, 3.63) is 0 Å². The standard InChI is InChI=1S/C17H34N2O/c1-4-6-7-8-10-15(3)19-16(20)17(11-5-2)12-9-13-18-14-17/h15,18H,4-14H2,1-3H3,(H,19,20). The molecule has 0 radical (unpaired) electrons. The van der Waals surface area contributed by atoms with Gasteiger partial charge in [0.2, 0.25) is 5.91 Å². The SMILES string of the molecule is CCCCCCC(C)NC(=O)C1(CCC)CCCNC1. The minimum atomic E-state index is -0.148. The van der Waals surface area contributed by atoms with Crippen LogP contribution in [-0.4, -0.2) is 25.0 Å². The molecule has 118 valence electrons. The minimum absolute atomic E-state index is 0.148. The molecule has 3 heteroatoms. The van der Waals surface area contributed by atoms with E-state index in [-0.39, 0.29) is 11.3 Å². The molecule has 0 aromatic heterocycles. The second-order valence-corrected chi connectivity index (χ2v) is 6.53. The van der Waals surface area contributed by atoms with E-state index in [4.69, 9.17) is 0 Å². The molecule has 1 fully saturated rings. The van der Waals surface area contributed by atoms with Gasteiger partial charge in [0.05, 0.1) is 5.41 Å². The van der Waals surface area contributed by atoms with Crippen LogP contribution in [0.5, 0.6) is 0 Å². The molecule has 0 saturated carbocycles. The van der Waals surface area contributed by atoms with Crippen molar-refractivity contribution in [2.75, 3.05) is 13.1 Å². The molecular weight excluding hydrogens is 248 g/mol. The predicted octanol–water partition coefficient (Wildman–Crippen LogP) is 3.63. The molecule has 0 bridgehead atoms. The molecule has 2 unspecified atom stereocenters. The third kappa shape index (κ3) is 5.43. The lowest BCUT2D eigenvalue weighted by Crippen LogP contribution is -2.52. The summed E-state index contributed by atoms with van der Waals surface area (Å²) in [6, 6.07) is 0.315. The minimum Gasteiger partial charge on any atom is -0.353 e. The van der Waals surface area contributed by atoms with E-state index >= 15 is 0 Å². The summed E-state index contributed by atoms with van der Waals surface area (Å²) in [6.45, 7) is 8.48. The monoisotopic (exact) mass is 282 g/mol. The van der Waals surface area contributed by atoms with Gasteiger partial charge in [0.1, 0.15) is 0 Å². The number of nitrogens with one attached hydrogen (secondary N) is 2. The van der Waals surface area contributed by atoms with E-state index in [0.29, 0.717) is 6.04 Å². The highest BCUT2D eigenvalue weighted by atomic mass is 16.2. The fraction of sp³-hybridized carbons (Fsp3) is 0.941. The first-order valence-electron chi connectivity index (χ1n) is 8.66. The molecule has 20 heavy (non-hydrogen) atoms. The quantitative estimate of drug-likeness (QED) is 0.634. The second kappa shape index (κ2) is 9.38. The van der Waals surface area contributed by atoms with E-state index < -0.39 is 0 Å². The van der Waals surface area contributed by atoms with Crippen LogP contribution in [0.15, 0.2) is 0 Å². The third-order valence-electron chi connectivity index (χ3n) is 4.55. The van der Waals surface area contributed by atoms with Crippen molar-refractivity contribution in [1.82, 2.24) is 10.6 Å². The number of carbonyl (C=O) groups excluding carboxylic acids is 1. The molecule has 2 atom stereocenters. The van der Waals surface area contributed by atoms with Gasteiger partial charge in [-0.25, -0.2) is 0 Å². The van der Waals surface area contributed by atoms with E-state index in [1.807, 2.05) is 0 Å². The lowest BCUT2D eigenvalue weighted by molar-refractivity contribution is -0.133. The number of rotatable bonds is 9. The van der Waals surface area contributed by atoms with Gasteiger partial charge in [0.15, 0.2) is 0 Å². The van der Waals surface area contributed by atoms with Crippen molar-refractivity contribution >= 4 is 5.91 Å². The Balaban J connectivity index is 2.41. The molecule has 1 rings (SSSR count). The molecule has 1 aliphatic rings. The maximum Gasteiger partial charge on any atom is 0.227 e. The van der Waals surface area contributed by atoms with Crippen LogP contribution in [0.4, 0.5) is 0 Å². The van der Waals surface area contributed by atoms with E-state index in [2.05, 4.69) is 31.4 Å². The number of unbranched alkanes of at least 4 members (excludes halogenated alkanes) is 3. The van der Waals surface area contributed by atoms with Crippen LogP contribution in [0.2, 0.25) is 0 Å². The zero-order valence-electron chi connectivity index (χ0n) is 13.8. The van der Waals surface area contributed by atoms with E-state index in [1.54, 1.807) is 0 Å². The Hall–Kier alpha value is -0.570. The molecule has 0 aliphatic carbocycles. The summed E-state index contributed by atoms with van der Waals surface area (Å²) >= 11 is 0. The number of hydrogen-bond donors (Lipinski definition) is 2. The molecule has 1 heterocycles. The molecule has 0 aromatic carbocycles. The van der Waals surface area contributed by atoms with Gasteiger partial charge in [0, 0.05) is 12.6 Å². The molecule has 0 spiro atoms. The zero-order chi connectivity index (χ0) is 14.8. The summed E-state index contributed by atoms with van der Waals surface area (Å²) in [4.78, 5) is 12.7. The van der Waals surface area contributed by atoms with Crippen LogP contribution in [0.25, 0.3) is 0 Å². The molecular formula is C17H34N2O. The highest BCUT2D eigenvalue weighted by Gasteiger charge is 2.38. The van der Waals surface area contributed by atoms with Crippen molar-refractivity contribution in [1.29, 1.82) is 0 Å². The van der Waals surface area contributed by atoms with Crippen LogP contribution in [0, 0.1) is 5.41 Å². The van der Waals surface area contributed by atoms with Crippen molar-refractivity contribution in [2.45, 2.75) is 84.6 Å². The fourth-order valence-corrected chi connectivity index (χ4v) is 3.29. The lowest BCUT2D eigenvalue weighted by Gasteiger charge is -2.37. The summed E-state index contributed by atoms with van der Waals surface area (Å²) < 4.78 is 0. The molecule has 1 aliphatic heterocycles. The Kier molecular flexibility index (Phi) is 8.20. The van der Waals surface area contributed by atoms with Crippen molar-refractivity contribution < 1.29 is 4.79 Å². The maximum atomic E-state index is 12.7. The van der Waals surface area contributed by atoms with Gasteiger partial charge in [-0.1, -0.05) is 46.0 Å². The summed E-state index contributed by atoms with van der Waals surface area (Å²) in [5, 5.41) is 6.69. The molecule has 1 amide bonds. The zero-order valence-corrected chi connectivity index (χ0v) is 13.8. The first kappa shape index (κ1) is 17.5. The number of carbonyl (C=O) groups is 1. The topological polar surface area (TPSA) is 41.1 Å². The van der Waals surface area contributed by atoms with Crippen LogP contribution in [-0.2, 0) is 4.79 Å². The number of amides is 1. The van der Waals surface area contributed by atoms with Gasteiger partial charge in [-0.3, -0.25) is 4.79 Å². The summed E-state index contributed by atoms with van der Waals surface area (Å²) in [5.41, 5.74) is -0.148. The van der Waals surface area contributed by atoms with E-state index in [1.165, 1.54) is 25.7 Å². The molecule has 2 N–H and O–H groups in total. The Labute approximate surface area is 125 Å². The maximum absolute atomic E-state index is 12.7. The van der Waals surface area contributed by atoms with Gasteiger partial charge in [0.25, 0.3) is 0 Å². The smallest absolute Gasteiger partial charge is 0.227 e. The highest BCUT2D eigenvalue weighted by molar-refractivity contribution is 5.83. The average Bonchev–Trinajstić information content (AvgIpc) is 2.45. The van der Waals surface area contributed by atoms with Crippen molar-refractivity contribution in [3.63, 3.8) is 0 Å². The predicted molar refractivity (Wildman–Crippen MR) is 85.8 cm³/mol. The third-order valence-corrected chi connectivity index (χ3v) is 4.55. The Morgan fingerprint density at radius 2 is 2.05 bits per heavy atom. The van der Waals surface area contributed by atoms with Crippen molar-refractivity contribution in [2.24, 2.45) is 5.41 Å². The van der Waals surface area contributed by atoms with Crippen molar-refractivity contribution in [3.8, 4) is 0 Å². The van der Waals surface area contributed by atoms with E-state index in [0.717, 1.165) is 45.2 Å². The highest BCUT2D eigenvalue weighted by Crippen LogP contribution is 2.32. The summed E-state index contributed by atoms with van der Waals surface area (Å²) in [7, 11) is 0. The Morgan fingerprint density at radius 3 is 2.65 bits per heavy atom. The van der Waals surface area contributed by atoms with Gasteiger partial charge in [-0.15, -0.1) is 0 Å². The van der Waals surface area contributed by atoms with Crippen LogP contribution in [0.1, 0.15) is 78.6 Å². The second-order valence-electron chi connectivity index (χ2n) is 6.53. The van der Waals surface area contributed by atoms with Crippen LogP contribution < -0.4 is 10.6 Å². The van der Waals surface area contributed by atoms with Gasteiger partial charge >= 0.3 is 0 Å². The molecule has 0 aromatic rings. The average molecular weight is 282 g/mol. The van der Waals surface area contributed by atoms with Crippen LogP contribution >= 0.6 is 0 Å². The van der Waals surface area contributed by atoms with Gasteiger partial charge < -0.3 is 10.6 Å². The molecule has 3 nitrogen and oxygen atoms in total.